The van der Waals surface area contributed by atoms with Crippen LogP contribution in [0.1, 0.15) is 169 Å². The predicted molar refractivity (Wildman–Crippen MR) is 396 cm³/mol. The van der Waals surface area contributed by atoms with Crippen LogP contribution < -0.4 is 28.8 Å². The van der Waals surface area contributed by atoms with Crippen molar-refractivity contribution in [1.29, 1.82) is 0 Å². The Balaban J connectivity index is 0.000000191. The summed E-state index contributed by atoms with van der Waals surface area (Å²) >= 11 is 0. The van der Waals surface area contributed by atoms with E-state index in [-0.39, 0.29) is 64.2 Å². The normalized spacial score (nSPS) is 11.6. The second kappa shape index (κ2) is 28.8. The second-order valence-corrected chi connectivity index (χ2v) is 27.6. The molecular formula is C77H89N11O10. The van der Waals surface area contributed by atoms with Crippen LogP contribution in [0.3, 0.4) is 0 Å². The number of hydrogen-bond donors (Lipinski definition) is 2. The lowest BCUT2D eigenvalue weighted by Gasteiger charge is -2.19. The van der Waals surface area contributed by atoms with Crippen molar-refractivity contribution in [2.24, 2.45) is 0 Å². The molecule has 0 amide bonds. The molecule has 0 bridgehead atoms. The molecule has 10 heterocycles. The van der Waals surface area contributed by atoms with E-state index >= 15 is 0 Å². The zero-order valence-corrected chi connectivity index (χ0v) is 54.3. The Morgan fingerprint density at radius 1 is 0.316 bits per heavy atom. The highest BCUT2D eigenvalue weighted by Gasteiger charge is 2.26. The number of hydrogen-bond acceptors (Lipinski definition) is 19. The summed E-state index contributed by atoms with van der Waals surface area (Å²) in [4.78, 5) is 101. The van der Waals surface area contributed by atoms with Gasteiger partial charge in [-0.1, -0.05) is 159 Å². The molecule has 0 atom stereocenters. The zero-order valence-electron chi connectivity index (χ0n) is 54.3. The third-order valence-corrected chi connectivity index (χ3v) is 15.4. The van der Waals surface area contributed by atoms with Crippen LogP contribution in [0.2, 0.25) is 0 Å². The molecule has 15 aromatic rings. The van der Waals surface area contributed by atoms with Crippen LogP contribution in [-0.4, -0.2) is 54.8 Å². The fourth-order valence-corrected chi connectivity index (χ4v) is 11.1. The van der Waals surface area contributed by atoms with Gasteiger partial charge in [0.2, 0.25) is 0 Å². The summed E-state index contributed by atoms with van der Waals surface area (Å²) in [7, 11) is 0. The van der Waals surface area contributed by atoms with Crippen LogP contribution in [0.5, 0.6) is 0 Å². The third-order valence-electron chi connectivity index (χ3n) is 15.4. The van der Waals surface area contributed by atoms with Crippen LogP contribution in [0.4, 0.5) is 0 Å². The molecule has 0 aliphatic carbocycles. The summed E-state index contributed by atoms with van der Waals surface area (Å²) in [5.74, 6) is -2.59. The van der Waals surface area contributed by atoms with Crippen LogP contribution in [0.15, 0.2) is 181 Å². The molecule has 0 unspecified atom stereocenters. The molecule has 5 aromatic carbocycles. The van der Waals surface area contributed by atoms with Gasteiger partial charge in [0.05, 0.1) is 28.1 Å². The number of fused-ring (bicyclic) bond motifs is 15. The highest BCUT2D eigenvalue weighted by Crippen LogP contribution is 2.36. The fourth-order valence-electron chi connectivity index (χ4n) is 11.1. The van der Waals surface area contributed by atoms with Gasteiger partial charge in [-0.05, 0) is 78.2 Å². The number of pyridine rings is 3. The summed E-state index contributed by atoms with van der Waals surface area (Å²) < 4.78 is 26.5. The number of rotatable bonds is 0. The summed E-state index contributed by atoms with van der Waals surface area (Å²) in [6.45, 7) is 30.6. The van der Waals surface area contributed by atoms with Gasteiger partial charge in [0.15, 0.2) is 22.3 Å². The average Bonchev–Trinajstić information content (AvgIpc) is 1.20. The first-order valence-electron chi connectivity index (χ1n) is 30.1. The van der Waals surface area contributed by atoms with E-state index in [0.29, 0.717) is 33.4 Å². The van der Waals surface area contributed by atoms with Gasteiger partial charge in [0.1, 0.15) is 22.9 Å². The van der Waals surface area contributed by atoms with Crippen molar-refractivity contribution in [1.82, 2.24) is 54.8 Å². The van der Waals surface area contributed by atoms with Gasteiger partial charge in [-0.3, -0.25) is 29.9 Å². The highest BCUT2D eigenvalue weighted by molar-refractivity contribution is 6.07. The monoisotopic (exact) mass is 1330 g/mol. The van der Waals surface area contributed by atoms with E-state index in [1.54, 1.807) is 37.2 Å². The predicted octanol–water partition coefficient (Wildman–Crippen LogP) is 17.6. The molecule has 0 fully saturated rings. The maximum Gasteiger partial charge on any atom is 0.439 e. The minimum Gasteiger partial charge on any atom is -0.407 e. The van der Waals surface area contributed by atoms with E-state index in [0.717, 1.165) is 104 Å². The van der Waals surface area contributed by atoms with Gasteiger partial charge < -0.3 is 22.1 Å². The van der Waals surface area contributed by atoms with Crippen molar-refractivity contribution < 1.29 is 22.1 Å². The number of nitrogens with zero attached hydrogens (tertiary/aromatic N) is 9. The first-order chi connectivity index (χ1) is 43.8. The van der Waals surface area contributed by atoms with Crippen LogP contribution in [0.25, 0.3) is 109 Å². The molecule has 0 saturated carbocycles. The Hall–Kier alpha value is -11.0. The fraction of sp³-hybridized carbons (Fsp3) is 0.325. The summed E-state index contributed by atoms with van der Waals surface area (Å²) in [6.07, 6.45) is 11.8. The van der Waals surface area contributed by atoms with E-state index in [1.807, 2.05) is 174 Å². The standard InChI is InChI=1S/3C15H14N2O2.C14H14N2O2.C13H13N3O2.5CH4/c1-15(2,3)13-11-5-4-9-8-16-7-6-10(9)12(11)19-14(18)17-13;1-15(2,3)13-10-5-4-9-6-7-16-8-11(9)12(10)19-14(18)17-13;1-15(2,3)13-10-6-7-11-9(5-4-8-16-11)12(10)19-14(18)17-13;1-14(2,3)12-9-5-4-8-6-7-15-10(8)11(9)18-13(17)16-12;1-13(2,3)11-7-4-5-8-9(15-6-14-8)10(7)18-12(17)16-11;;;;;/h3*4-8H,1-3H3;4-7H,1-3H3,(H,16,17);4-6H,1-3H3,(H,16,17);5*1H4. The lowest BCUT2D eigenvalue weighted by atomic mass is 9.89. The Labute approximate surface area is 567 Å². The van der Waals surface area contributed by atoms with Crippen molar-refractivity contribution in [2.45, 2.75) is 168 Å². The number of aromatic amines is 2. The van der Waals surface area contributed by atoms with Gasteiger partial charge in [0.25, 0.3) is 0 Å². The van der Waals surface area contributed by atoms with Crippen LogP contribution in [-0.2, 0) is 27.1 Å². The number of benzene rings is 5. The minimum absolute atomic E-state index is 0. The molecule has 21 heteroatoms. The molecule has 0 spiro atoms. The maximum absolute atomic E-state index is 11.7. The molecule has 0 aliphatic rings. The molecule has 10 aromatic heterocycles. The summed E-state index contributed by atoms with van der Waals surface area (Å²) in [5, 5.41) is 9.89. The Bertz CT molecular complexity index is 5230. The SMILES string of the molecule is C.C.C.C.C.CC(C)(C)c1[nH]c(=O)oc2c1ccc1ccnc12.CC(C)(C)c1[nH]c(=O)oc2c1ccc1ncnc12.CC(C)(C)c1nc(=O)oc2c1ccc1ccncc12.CC(C)(C)c1nc(=O)oc2c1ccc1cnccc12.CC(C)(C)c1nc(=O)oc2c1ccc1ncccc12. The van der Waals surface area contributed by atoms with Crippen LogP contribution >= 0.6 is 0 Å². The number of H-pyrrole nitrogens is 2. The zero-order chi connectivity index (χ0) is 66.7. The largest absolute Gasteiger partial charge is 0.439 e. The quantitative estimate of drug-likeness (QED) is 0.133. The summed E-state index contributed by atoms with van der Waals surface area (Å²) in [5.41, 5.74) is 8.69. The molecule has 21 nitrogen and oxygen atoms in total. The van der Waals surface area contributed by atoms with Crippen molar-refractivity contribution in [2.75, 3.05) is 0 Å². The van der Waals surface area contributed by atoms with E-state index < -0.39 is 28.8 Å². The molecule has 15 rings (SSSR count). The topological polar surface area (TPSA) is 299 Å². The van der Waals surface area contributed by atoms with E-state index in [9.17, 15) is 24.0 Å². The Morgan fingerprint density at radius 3 is 1.28 bits per heavy atom. The lowest BCUT2D eigenvalue weighted by Crippen LogP contribution is -2.19. The summed E-state index contributed by atoms with van der Waals surface area (Å²) in [6, 6.07) is 28.9. The van der Waals surface area contributed by atoms with Crippen molar-refractivity contribution in [3.8, 4) is 0 Å². The van der Waals surface area contributed by atoms with Crippen molar-refractivity contribution >= 4 is 109 Å². The molecule has 2 N–H and O–H groups in total. The molecule has 0 saturated heterocycles. The van der Waals surface area contributed by atoms with Gasteiger partial charge >= 0.3 is 28.8 Å². The van der Waals surface area contributed by atoms with E-state index in [1.165, 1.54) is 6.33 Å². The average molecular weight is 1330 g/mol. The van der Waals surface area contributed by atoms with Gasteiger partial charge in [-0.15, -0.1) is 0 Å². The van der Waals surface area contributed by atoms with Crippen LogP contribution in [0, 0.1) is 0 Å². The van der Waals surface area contributed by atoms with Crippen molar-refractivity contribution in [3.05, 3.63) is 216 Å². The molecule has 0 aliphatic heterocycles. The van der Waals surface area contributed by atoms with E-state index in [2.05, 4.69) is 75.6 Å². The Kier molecular flexibility index (Phi) is 22.3. The van der Waals surface area contributed by atoms with Gasteiger partial charge in [0, 0.05) is 130 Å². The molecular weight excluding hydrogens is 1240 g/mol. The highest BCUT2D eigenvalue weighted by atomic mass is 16.4. The number of imidazole rings is 1. The lowest BCUT2D eigenvalue weighted by molar-refractivity contribution is 0.499. The smallest absolute Gasteiger partial charge is 0.407 e. The number of aromatic nitrogens is 11. The first-order valence-corrected chi connectivity index (χ1v) is 30.1. The number of nitrogens with one attached hydrogen (secondary N) is 2. The van der Waals surface area contributed by atoms with Gasteiger partial charge in [-0.25, -0.2) is 33.9 Å². The molecule has 0 radical (unpaired) electrons. The van der Waals surface area contributed by atoms with Crippen molar-refractivity contribution in [3.63, 3.8) is 0 Å². The molecule has 98 heavy (non-hydrogen) atoms. The maximum atomic E-state index is 11.7. The first kappa shape index (κ1) is 76.1. The molecule has 512 valence electrons. The Morgan fingerprint density at radius 2 is 0.745 bits per heavy atom. The third kappa shape index (κ3) is 15.5. The second-order valence-electron chi connectivity index (χ2n) is 27.6. The minimum atomic E-state index is -0.561. The van der Waals surface area contributed by atoms with Gasteiger partial charge in [-0.2, -0.15) is 15.0 Å². The van der Waals surface area contributed by atoms with E-state index in [4.69, 9.17) is 22.1 Å².